The molecule has 4 rings (SSSR count). The molecule has 1 aliphatic rings. The normalized spacial score (nSPS) is 14.0. The molecule has 4 heterocycles. The topological polar surface area (TPSA) is 107 Å². The summed E-state index contributed by atoms with van der Waals surface area (Å²) in [7, 11) is 3.19. The van der Waals surface area contributed by atoms with Crippen LogP contribution in [0.3, 0.4) is 0 Å². The Morgan fingerprint density at radius 2 is 1.89 bits per heavy atom. The number of imidazole rings is 1. The Hall–Kier alpha value is -3.43. The standard InChI is InChI=1S/C18H21N7O3/c1-22-11-20-16-15(22)17(27)25(18(28)23(16)2)10-14(26)21-12-5-6-13(19-9-12)24-7-3-4-8-24/h5-6,9,11H,3-4,7-8,10H2,1-2H3,(H,21,26). The van der Waals surface area contributed by atoms with E-state index in [-0.39, 0.29) is 17.7 Å². The van der Waals surface area contributed by atoms with Crippen molar-refractivity contribution in [3.63, 3.8) is 0 Å². The van der Waals surface area contributed by atoms with Crippen molar-refractivity contribution < 1.29 is 4.79 Å². The molecule has 1 N–H and O–H groups in total. The number of anilines is 2. The molecule has 0 aromatic carbocycles. The molecule has 0 spiro atoms. The smallest absolute Gasteiger partial charge is 0.332 e. The summed E-state index contributed by atoms with van der Waals surface area (Å²) < 4.78 is 3.70. The first-order chi connectivity index (χ1) is 13.5. The van der Waals surface area contributed by atoms with Crippen LogP contribution in [0, 0.1) is 0 Å². The minimum atomic E-state index is -0.589. The van der Waals surface area contributed by atoms with Gasteiger partial charge in [-0.2, -0.15) is 0 Å². The average molecular weight is 383 g/mol. The molecule has 0 unspecified atom stereocenters. The second-order valence-electron chi connectivity index (χ2n) is 6.91. The fourth-order valence-electron chi connectivity index (χ4n) is 3.47. The predicted molar refractivity (Wildman–Crippen MR) is 105 cm³/mol. The molecule has 0 atom stereocenters. The van der Waals surface area contributed by atoms with Gasteiger partial charge < -0.3 is 14.8 Å². The number of aryl methyl sites for hydroxylation is 2. The molecule has 0 bridgehead atoms. The maximum Gasteiger partial charge on any atom is 0.332 e. The zero-order valence-corrected chi connectivity index (χ0v) is 15.8. The summed E-state index contributed by atoms with van der Waals surface area (Å²) in [6.45, 7) is 1.59. The summed E-state index contributed by atoms with van der Waals surface area (Å²) >= 11 is 0. The predicted octanol–water partition coefficient (Wildman–Crippen LogP) is 0.0676. The van der Waals surface area contributed by atoms with Gasteiger partial charge in [-0.25, -0.2) is 19.3 Å². The third-order valence-corrected chi connectivity index (χ3v) is 4.96. The van der Waals surface area contributed by atoms with Gasteiger partial charge in [-0.15, -0.1) is 0 Å². The van der Waals surface area contributed by atoms with E-state index >= 15 is 0 Å². The Morgan fingerprint density at radius 1 is 1.14 bits per heavy atom. The molecule has 28 heavy (non-hydrogen) atoms. The third kappa shape index (κ3) is 3.06. The number of nitrogens with zero attached hydrogens (tertiary/aromatic N) is 6. The highest BCUT2D eigenvalue weighted by molar-refractivity contribution is 5.90. The Balaban J connectivity index is 1.55. The number of hydrogen-bond acceptors (Lipinski definition) is 6. The van der Waals surface area contributed by atoms with Crippen LogP contribution < -0.4 is 21.5 Å². The molecule has 1 saturated heterocycles. The summed E-state index contributed by atoms with van der Waals surface area (Å²) in [6.07, 6.45) is 5.36. The molecule has 10 nitrogen and oxygen atoms in total. The Labute approximate surface area is 160 Å². The van der Waals surface area contributed by atoms with Crippen LogP contribution >= 0.6 is 0 Å². The van der Waals surface area contributed by atoms with Gasteiger partial charge in [0.15, 0.2) is 11.2 Å². The van der Waals surface area contributed by atoms with E-state index < -0.39 is 17.2 Å². The summed E-state index contributed by atoms with van der Waals surface area (Å²) in [5, 5.41) is 2.69. The highest BCUT2D eigenvalue weighted by Crippen LogP contribution is 2.19. The highest BCUT2D eigenvalue weighted by atomic mass is 16.2. The largest absolute Gasteiger partial charge is 0.357 e. The van der Waals surface area contributed by atoms with Crippen LogP contribution in [0.15, 0.2) is 34.2 Å². The quantitative estimate of drug-likeness (QED) is 0.683. The molecule has 10 heteroatoms. The summed E-state index contributed by atoms with van der Waals surface area (Å²) in [6, 6.07) is 3.62. The van der Waals surface area contributed by atoms with E-state index in [1.54, 1.807) is 19.3 Å². The van der Waals surface area contributed by atoms with E-state index in [4.69, 9.17) is 0 Å². The van der Waals surface area contributed by atoms with E-state index in [9.17, 15) is 14.4 Å². The SMILES string of the molecule is Cn1cnc2c1c(=O)n(CC(=O)Nc1ccc(N3CCCC3)nc1)c(=O)n2C. The number of carbonyl (C=O) groups excluding carboxylic acids is 1. The van der Waals surface area contributed by atoms with E-state index in [0.29, 0.717) is 5.69 Å². The van der Waals surface area contributed by atoms with Crippen LogP contribution in [0.4, 0.5) is 11.5 Å². The number of pyridine rings is 1. The third-order valence-electron chi connectivity index (χ3n) is 4.96. The second kappa shape index (κ2) is 6.95. The van der Waals surface area contributed by atoms with Crippen molar-refractivity contribution in [2.24, 2.45) is 14.1 Å². The lowest BCUT2D eigenvalue weighted by atomic mass is 10.3. The Bertz CT molecular complexity index is 1150. The van der Waals surface area contributed by atoms with Gasteiger partial charge in [0.05, 0.1) is 18.2 Å². The van der Waals surface area contributed by atoms with E-state index in [1.165, 1.54) is 22.5 Å². The number of rotatable bonds is 4. The van der Waals surface area contributed by atoms with Crippen LogP contribution in [0.2, 0.25) is 0 Å². The van der Waals surface area contributed by atoms with Crippen molar-refractivity contribution in [2.75, 3.05) is 23.3 Å². The van der Waals surface area contributed by atoms with Gasteiger partial charge in [0.2, 0.25) is 5.91 Å². The lowest BCUT2D eigenvalue weighted by Crippen LogP contribution is -2.42. The Kier molecular flexibility index (Phi) is 4.46. The van der Waals surface area contributed by atoms with Crippen LogP contribution in [-0.2, 0) is 25.4 Å². The molecule has 1 amide bonds. The van der Waals surface area contributed by atoms with Gasteiger partial charge in [0, 0.05) is 27.2 Å². The van der Waals surface area contributed by atoms with Crippen LogP contribution in [0.1, 0.15) is 12.8 Å². The van der Waals surface area contributed by atoms with E-state index in [2.05, 4.69) is 20.2 Å². The molecule has 0 aliphatic carbocycles. The number of nitrogens with one attached hydrogen (secondary N) is 1. The van der Waals surface area contributed by atoms with Crippen LogP contribution in [-0.4, -0.2) is 42.7 Å². The van der Waals surface area contributed by atoms with Crippen molar-refractivity contribution in [2.45, 2.75) is 19.4 Å². The van der Waals surface area contributed by atoms with Crippen molar-refractivity contribution in [1.29, 1.82) is 0 Å². The van der Waals surface area contributed by atoms with Gasteiger partial charge in [-0.1, -0.05) is 0 Å². The highest BCUT2D eigenvalue weighted by Gasteiger charge is 2.17. The first-order valence-electron chi connectivity index (χ1n) is 9.07. The van der Waals surface area contributed by atoms with E-state index in [0.717, 1.165) is 36.3 Å². The lowest BCUT2D eigenvalue weighted by Gasteiger charge is -2.16. The van der Waals surface area contributed by atoms with Gasteiger partial charge in [-0.3, -0.25) is 14.2 Å². The molecule has 1 aliphatic heterocycles. The van der Waals surface area contributed by atoms with Crippen molar-refractivity contribution in [3.8, 4) is 0 Å². The van der Waals surface area contributed by atoms with Gasteiger partial charge >= 0.3 is 5.69 Å². The van der Waals surface area contributed by atoms with Crippen molar-refractivity contribution in [1.82, 2.24) is 23.7 Å². The van der Waals surface area contributed by atoms with E-state index in [1.807, 2.05) is 6.07 Å². The maximum atomic E-state index is 12.7. The minimum Gasteiger partial charge on any atom is -0.357 e. The molecule has 3 aromatic rings. The monoisotopic (exact) mass is 383 g/mol. The summed E-state index contributed by atoms with van der Waals surface area (Å²) in [4.78, 5) is 48.2. The first kappa shape index (κ1) is 18.0. The number of amides is 1. The van der Waals surface area contributed by atoms with Crippen LogP contribution in [0.5, 0.6) is 0 Å². The Morgan fingerprint density at radius 3 is 2.57 bits per heavy atom. The molecule has 0 saturated carbocycles. The molecule has 146 valence electrons. The summed E-state index contributed by atoms with van der Waals surface area (Å²) in [5.74, 6) is 0.402. The fraction of sp³-hybridized carbons (Fsp3) is 0.389. The summed E-state index contributed by atoms with van der Waals surface area (Å²) in [5.41, 5.74) is -0.0635. The lowest BCUT2D eigenvalue weighted by molar-refractivity contribution is -0.116. The van der Waals surface area contributed by atoms with Crippen molar-refractivity contribution in [3.05, 3.63) is 45.5 Å². The minimum absolute atomic E-state index is 0.270. The molecule has 0 radical (unpaired) electrons. The van der Waals surface area contributed by atoms with Crippen molar-refractivity contribution >= 4 is 28.6 Å². The van der Waals surface area contributed by atoms with Gasteiger partial charge in [-0.05, 0) is 25.0 Å². The molecule has 1 fully saturated rings. The van der Waals surface area contributed by atoms with Gasteiger partial charge in [0.1, 0.15) is 12.4 Å². The molecular formula is C18H21N7O3. The maximum absolute atomic E-state index is 12.7. The first-order valence-corrected chi connectivity index (χ1v) is 9.07. The van der Waals surface area contributed by atoms with Gasteiger partial charge in [0.25, 0.3) is 5.56 Å². The van der Waals surface area contributed by atoms with Crippen LogP contribution in [0.25, 0.3) is 11.2 Å². The average Bonchev–Trinajstić information content (AvgIpc) is 3.34. The number of hydrogen-bond donors (Lipinski definition) is 1. The second-order valence-corrected chi connectivity index (χ2v) is 6.91. The number of fused-ring (bicyclic) bond motifs is 1. The fourth-order valence-corrected chi connectivity index (χ4v) is 3.47. The zero-order chi connectivity index (χ0) is 19.8. The zero-order valence-electron chi connectivity index (χ0n) is 15.8. The molecule has 3 aromatic heterocycles. The molecular weight excluding hydrogens is 362 g/mol. The number of carbonyl (C=O) groups is 1. The number of aromatic nitrogens is 5.